The molecule has 0 aromatic carbocycles. The molecule has 0 aliphatic carbocycles. The van der Waals surface area contributed by atoms with Gasteiger partial charge >= 0.3 is 0 Å². The van der Waals surface area contributed by atoms with E-state index in [2.05, 4.69) is 9.97 Å². The van der Waals surface area contributed by atoms with Gasteiger partial charge in [0.15, 0.2) is 0 Å². The van der Waals surface area contributed by atoms with Gasteiger partial charge in [-0.2, -0.15) is 4.98 Å². The van der Waals surface area contributed by atoms with E-state index in [0.29, 0.717) is 18.9 Å². The van der Waals surface area contributed by atoms with E-state index < -0.39 is 0 Å². The van der Waals surface area contributed by atoms with Crippen LogP contribution in [0.15, 0.2) is 11.4 Å². The molecule has 0 radical (unpaired) electrons. The Kier molecular flexibility index (Phi) is 2.98. The van der Waals surface area contributed by atoms with Gasteiger partial charge in [0.25, 0.3) is 0 Å². The highest BCUT2D eigenvalue weighted by molar-refractivity contribution is 7.16. The van der Waals surface area contributed by atoms with Gasteiger partial charge in [-0.1, -0.05) is 0 Å². The van der Waals surface area contributed by atoms with Crippen LogP contribution in [-0.2, 0) is 0 Å². The van der Waals surface area contributed by atoms with Gasteiger partial charge in [0.1, 0.15) is 4.83 Å². The van der Waals surface area contributed by atoms with Crippen LogP contribution in [-0.4, -0.2) is 28.3 Å². The second-order valence-electron chi connectivity index (χ2n) is 2.95. The van der Waals surface area contributed by atoms with Crippen LogP contribution in [0.5, 0.6) is 5.88 Å². The van der Waals surface area contributed by atoms with Crippen molar-refractivity contribution >= 4 is 27.5 Å². The Morgan fingerprint density at radius 2 is 2.33 bits per heavy atom. The summed E-state index contributed by atoms with van der Waals surface area (Å²) in [5.41, 5.74) is 5.54. The molecule has 3 N–H and O–H groups in total. The highest BCUT2D eigenvalue weighted by Crippen LogP contribution is 2.27. The zero-order chi connectivity index (χ0) is 10.7. The number of aromatic nitrogens is 2. The number of fused-ring (bicyclic) bond motifs is 1. The molecule has 0 fully saturated rings. The predicted octanol–water partition coefficient (Wildman–Crippen LogP) is 1.03. The lowest BCUT2D eigenvalue weighted by atomic mass is 10.4. The van der Waals surface area contributed by atoms with Crippen LogP contribution in [0.3, 0.4) is 0 Å². The third-order valence-electron chi connectivity index (χ3n) is 1.85. The highest BCUT2D eigenvalue weighted by Gasteiger charge is 2.07. The first kappa shape index (κ1) is 10.1. The molecule has 80 valence electrons. The summed E-state index contributed by atoms with van der Waals surface area (Å²) < 4.78 is 5.41. The van der Waals surface area contributed by atoms with Gasteiger partial charge in [-0.15, -0.1) is 11.3 Å². The summed E-state index contributed by atoms with van der Waals surface area (Å²) in [6.07, 6.45) is 0.579. The molecule has 6 heteroatoms. The largest absolute Gasteiger partial charge is 0.477 e. The zero-order valence-corrected chi connectivity index (χ0v) is 8.83. The number of aliphatic hydroxyl groups excluding tert-OH is 1. The molecule has 0 saturated heterocycles. The van der Waals surface area contributed by atoms with Crippen molar-refractivity contribution in [3.05, 3.63) is 11.4 Å². The Labute approximate surface area is 90.5 Å². The van der Waals surface area contributed by atoms with E-state index >= 15 is 0 Å². The van der Waals surface area contributed by atoms with Crippen LogP contribution >= 0.6 is 11.3 Å². The van der Waals surface area contributed by atoms with Gasteiger partial charge in [-0.25, -0.2) is 4.98 Å². The minimum absolute atomic E-state index is 0.105. The maximum atomic E-state index is 8.64. The molecule has 2 heterocycles. The number of rotatable bonds is 4. The number of anilines is 1. The van der Waals surface area contributed by atoms with Crippen molar-refractivity contribution < 1.29 is 9.84 Å². The van der Waals surface area contributed by atoms with Crippen LogP contribution in [0.25, 0.3) is 10.2 Å². The van der Waals surface area contributed by atoms with Crippen LogP contribution < -0.4 is 10.5 Å². The molecule has 2 aromatic heterocycles. The predicted molar refractivity (Wildman–Crippen MR) is 59.0 cm³/mol. The quantitative estimate of drug-likeness (QED) is 0.760. The first-order valence-electron chi connectivity index (χ1n) is 4.55. The van der Waals surface area contributed by atoms with Crippen LogP contribution in [0.1, 0.15) is 6.42 Å². The number of aliphatic hydroxyl groups is 1. The smallest absolute Gasteiger partial charge is 0.227 e. The number of nitrogens with two attached hydrogens (primary N) is 1. The number of ether oxygens (including phenoxy) is 1. The molecule has 0 spiro atoms. The minimum Gasteiger partial charge on any atom is -0.477 e. The molecule has 0 bridgehead atoms. The summed E-state index contributed by atoms with van der Waals surface area (Å²) in [5.74, 6) is 0.705. The number of thiophene rings is 1. The number of hydrogen-bond acceptors (Lipinski definition) is 6. The number of nitrogen functional groups attached to an aromatic ring is 1. The molecule has 5 nitrogen and oxygen atoms in total. The Balaban J connectivity index is 2.27. The van der Waals surface area contributed by atoms with E-state index in [9.17, 15) is 0 Å². The van der Waals surface area contributed by atoms with Gasteiger partial charge in [-0.05, 0) is 11.4 Å². The summed E-state index contributed by atoms with van der Waals surface area (Å²) in [4.78, 5) is 8.92. The van der Waals surface area contributed by atoms with Gasteiger partial charge in [0, 0.05) is 13.0 Å². The van der Waals surface area contributed by atoms with Crippen molar-refractivity contribution in [3.8, 4) is 5.88 Å². The lowest BCUT2D eigenvalue weighted by Crippen LogP contribution is -2.03. The third kappa shape index (κ3) is 2.16. The van der Waals surface area contributed by atoms with Gasteiger partial charge < -0.3 is 15.6 Å². The Bertz CT molecular complexity index is 458. The minimum atomic E-state index is 0.105. The maximum absolute atomic E-state index is 8.64. The summed E-state index contributed by atoms with van der Waals surface area (Å²) >= 11 is 1.49. The van der Waals surface area contributed by atoms with E-state index in [-0.39, 0.29) is 12.6 Å². The first-order chi connectivity index (χ1) is 7.31. The van der Waals surface area contributed by atoms with Crippen LogP contribution in [0.2, 0.25) is 0 Å². The lowest BCUT2D eigenvalue weighted by Gasteiger charge is -2.05. The third-order valence-corrected chi connectivity index (χ3v) is 2.66. The van der Waals surface area contributed by atoms with Gasteiger partial charge in [0.05, 0.1) is 12.0 Å². The summed E-state index contributed by atoms with van der Waals surface area (Å²) in [6, 6.07) is 1.90. The fourth-order valence-corrected chi connectivity index (χ4v) is 1.95. The molecule has 2 rings (SSSR count). The average molecular weight is 225 g/mol. The van der Waals surface area contributed by atoms with Gasteiger partial charge in [0.2, 0.25) is 11.8 Å². The van der Waals surface area contributed by atoms with Crippen LogP contribution in [0.4, 0.5) is 5.95 Å². The van der Waals surface area contributed by atoms with E-state index in [1.165, 1.54) is 11.3 Å². The number of hydrogen-bond donors (Lipinski definition) is 2. The monoisotopic (exact) mass is 225 g/mol. The van der Waals surface area contributed by atoms with E-state index in [1.54, 1.807) is 0 Å². The Hall–Kier alpha value is -1.40. The first-order valence-corrected chi connectivity index (χ1v) is 5.43. The van der Waals surface area contributed by atoms with Crippen molar-refractivity contribution in [2.75, 3.05) is 18.9 Å². The number of nitrogens with zero attached hydrogens (tertiary/aromatic N) is 2. The second-order valence-corrected chi connectivity index (χ2v) is 3.85. The molecule has 15 heavy (non-hydrogen) atoms. The maximum Gasteiger partial charge on any atom is 0.227 e. The normalized spacial score (nSPS) is 10.7. The average Bonchev–Trinajstić information content (AvgIpc) is 2.65. The summed E-state index contributed by atoms with van der Waals surface area (Å²) in [7, 11) is 0. The fraction of sp³-hybridized carbons (Fsp3) is 0.333. The molecule has 0 aliphatic rings. The standard InChI is InChI=1S/C9H11N3O2S/c10-9-11-7(14-4-1-3-13)6-2-5-15-8(6)12-9/h2,5,13H,1,3-4H2,(H2,10,11,12). The van der Waals surface area contributed by atoms with Crippen molar-refractivity contribution in [2.45, 2.75) is 6.42 Å². The topological polar surface area (TPSA) is 81.3 Å². The highest BCUT2D eigenvalue weighted by atomic mass is 32.1. The molecule has 0 aliphatic heterocycles. The molecular weight excluding hydrogens is 214 g/mol. The van der Waals surface area contributed by atoms with Crippen molar-refractivity contribution in [3.63, 3.8) is 0 Å². The summed E-state index contributed by atoms with van der Waals surface area (Å²) in [5, 5.41) is 11.4. The Morgan fingerprint density at radius 1 is 1.47 bits per heavy atom. The Morgan fingerprint density at radius 3 is 3.13 bits per heavy atom. The lowest BCUT2D eigenvalue weighted by molar-refractivity contribution is 0.231. The van der Waals surface area contributed by atoms with Crippen molar-refractivity contribution in [1.29, 1.82) is 0 Å². The van der Waals surface area contributed by atoms with Crippen LogP contribution in [0, 0.1) is 0 Å². The summed E-state index contributed by atoms with van der Waals surface area (Å²) in [6.45, 7) is 0.533. The zero-order valence-electron chi connectivity index (χ0n) is 8.01. The SMILES string of the molecule is Nc1nc(OCCCO)c2ccsc2n1. The molecule has 0 atom stereocenters. The van der Waals surface area contributed by atoms with E-state index in [1.807, 2.05) is 11.4 Å². The second kappa shape index (κ2) is 4.41. The molecule has 0 amide bonds. The van der Waals surface area contributed by atoms with E-state index in [0.717, 1.165) is 10.2 Å². The molecule has 0 saturated carbocycles. The molecule has 0 unspecified atom stereocenters. The fourth-order valence-electron chi connectivity index (χ4n) is 1.19. The van der Waals surface area contributed by atoms with Gasteiger partial charge in [-0.3, -0.25) is 0 Å². The molecule has 2 aromatic rings. The van der Waals surface area contributed by atoms with E-state index in [4.69, 9.17) is 15.6 Å². The van der Waals surface area contributed by atoms with Crippen molar-refractivity contribution in [1.82, 2.24) is 9.97 Å². The van der Waals surface area contributed by atoms with Crippen molar-refractivity contribution in [2.24, 2.45) is 0 Å². The molecular formula is C9H11N3O2S.